The third kappa shape index (κ3) is 3.44. The zero-order valence-electron chi connectivity index (χ0n) is 16.4. The van der Waals surface area contributed by atoms with E-state index in [1.807, 2.05) is 0 Å². The van der Waals surface area contributed by atoms with Crippen molar-refractivity contribution >= 4 is 23.1 Å². The van der Waals surface area contributed by atoms with E-state index in [1.165, 1.54) is 13.2 Å². The Labute approximate surface area is 176 Å². The molecule has 1 aliphatic heterocycles. The molecule has 4 rings (SSSR count). The number of carbonyl (C=O) groups is 2. The van der Waals surface area contributed by atoms with E-state index in [0.717, 1.165) is 17.0 Å². The van der Waals surface area contributed by atoms with Crippen LogP contribution in [0.15, 0.2) is 78.4 Å². The fraction of sp³-hybridized carbons (Fsp3) is 0.0833. The average Bonchev–Trinajstić information content (AvgIpc) is 3.06. The van der Waals surface area contributed by atoms with Crippen LogP contribution >= 0.6 is 0 Å². The summed E-state index contributed by atoms with van der Waals surface area (Å²) in [6, 6.07) is 17.0. The molecule has 1 heterocycles. The van der Waals surface area contributed by atoms with Crippen LogP contribution in [-0.2, 0) is 9.59 Å². The van der Waals surface area contributed by atoms with Gasteiger partial charge in [0.05, 0.1) is 24.3 Å². The number of Topliss-reactive ketones (excluding diaryl/α,β-unsaturated/α-hetero) is 1. The molecule has 1 atom stereocenters. The third-order valence-corrected chi connectivity index (χ3v) is 5.10. The van der Waals surface area contributed by atoms with Crippen molar-refractivity contribution in [1.29, 1.82) is 0 Å². The molecule has 0 aliphatic carbocycles. The van der Waals surface area contributed by atoms with Gasteiger partial charge in [-0.3, -0.25) is 14.5 Å². The largest absolute Gasteiger partial charge is 0.507 e. The summed E-state index contributed by atoms with van der Waals surface area (Å²) in [7, 11) is 1.42. The number of aliphatic hydroxyl groups excluding tert-OH is 1. The van der Waals surface area contributed by atoms with Crippen LogP contribution < -0.4 is 9.64 Å². The molecule has 0 spiro atoms. The first-order valence-electron chi connectivity index (χ1n) is 9.38. The summed E-state index contributed by atoms with van der Waals surface area (Å²) >= 11 is 0. The zero-order chi connectivity index (χ0) is 22.1. The molecule has 0 saturated carbocycles. The van der Waals surface area contributed by atoms with E-state index in [2.05, 4.69) is 0 Å². The Balaban J connectivity index is 1.97. The first-order chi connectivity index (χ1) is 14.9. The van der Waals surface area contributed by atoms with Crippen molar-refractivity contribution in [1.82, 2.24) is 0 Å². The van der Waals surface area contributed by atoms with E-state index in [1.54, 1.807) is 54.6 Å². The van der Waals surface area contributed by atoms with E-state index in [4.69, 9.17) is 4.74 Å². The molecule has 31 heavy (non-hydrogen) atoms. The summed E-state index contributed by atoms with van der Waals surface area (Å²) in [4.78, 5) is 27.0. The summed E-state index contributed by atoms with van der Waals surface area (Å²) in [6.45, 7) is 0. The van der Waals surface area contributed by atoms with Gasteiger partial charge in [0.25, 0.3) is 11.7 Å². The average molecular weight is 421 g/mol. The highest BCUT2D eigenvalue weighted by Crippen LogP contribution is 2.43. The van der Waals surface area contributed by atoms with Crippen LogP contribution in [0.5, 0.6) is 5.75 Å². The van der Waals surface area contributed by atoms with E-state index in [0.29, 0.717) is 11.3 Å². The van der Waals surface area contributed by atoms with E-state index in [9.17, 15) is 23.5 Å². The number of halogens is 2. The number of ketones is 1. The number of ether oxygens (including phenoxy) is 1. The number of para-hydroxylation sites is 1. The Kier molecular flexibility index (Phi) is 5.25. The van der Waals surface area contributed by atoms with Gasteiger partial charge in [0.2, 0.25) is 0 Å². The van der Waals surface area contributed by atoms with Gasteiger partial charge in [-0.25, -0.2) is 8.78 Å². The van der Waals surface area contributed by atoms with Gasteiger partial charge < -0.3 is 9.84 Å². The van der Waals surface area contributed by atoms with Gasteiger partial charge in [-0.2, -0.15) is 0 Å². The van der Waals surface area contributed by atoms with Crippen LogP contribution in [0.25, 0.3) is 5.76 Å². The number of amides is 1. The standard InChI is InChI=1S/C24H17F2NO4/c1-31-19-10-6-5-9-16(19)22(28)20-21(14-7-3-2-4-8-14)27(24(30)23(20)29)15-11-12-17(25)18(26)13-15/h2-13,21,28H,1H3/b22-20+. The maximum absolute atomic E-state index is 13.9. The van der Waals surface area contributed by atoms with Crippen molar-refractivity contribution < 1.29 is 28.2 Å². The molecule has 1 amide bonds. The lowest BCUT2D eigenvalue weighted by Gasteiger charge is -2.25. The lowest BCUT2D eigenvalue weighted by Crippen LogP contribution is -2.29. The number of rotatable bonds is 4. The van der Waals surface area contributed by atoms with Crippen LogP contribution in [0.3, 0.4) is 0 Å². The third-order valence-electron chi connectivity index (χ3n) is 5.10. The summed E-state index contributed by atoms with van der Waals surface area (Å²) in [5, 5.41) is 11.1. The van der Waals surface area contributed by atoms with Crippen molar-refractivity contribution in [2.24, 2.45) is 0 Å². The predicted octanol–water partition coefficient (Wildman–Crippen LogP) is 4.60. The normalized spacial score (nSPS) is 17.8. The van der Waals surface area contributed by atoms with E-state index >= 15 is 0 Å². The van der Waals surface area contributed by atoms with Crippen LogP contribution in [0.2, 0.25) is 0 Å². The van der Waals surface area contributed by atoms with Crippen LogP contribution in [0.4, 0.5) is 14.5 Å². The number of benzene rings is 3. The van der Waals surface area contributed by atoms with Crippen molar-refractivity contribution in [2.45, 2.75) is 6.04 Å². The minimum absolute atomic E-state index is 0.00562. The molecular weight excluding hydrogens is 404 g/mol. The molecule has 1 fully saturated rings. The lowest BCUT2D eigenvalue weighted by molar-refractivity contribution is -0.132. The van der Waals surface area contributed by atoms with Gasteiger partial charge in [0.1, 0.15) is 11.5 Å². The molecule has 5 nitrogen and oxygen atoms in total. The lowest BCUT2D eigenvalue weighted by atomic mass is 9.95. The number of carbonyl (C=O) groups excluding carboxylic acids is 2. The minimum atomic E-state index is -1.16. The predicted molar refractivity (Wildman–Crippen MR) is 111 cm³/mol. The van der Waals surface area contributed by atoms with Gasteiger partial charge >= 0.3 is 0 Å². The summed E-state index contributed by atoms with van der Waals surface area (Å²) in [5.74, 6) is -4.25. The second kappa shape index (κ2) is 8.02. The molecular formula is C24H17F2NO4. The van der Waals surface area contributed by atoms with Crippen molar-refractivity contribution in [3.8, 4) is 5.75 Å². The van der Waals surface area contributed by atoms with Crippen LogP contribution in [-0.4, -0.2) is 23.9 Å². The molecule has 1 aliphatic rings. The van der Waals surface area contributed by atoms with Gasteiger partial charge in [0.15, 0.2) is 11.6 Å². The monoisotopic (exact) mass is 421 g/mol. The Hall–Kier alpha value is -4.00. The van der Waals surface area contributed by atoms with E-state index in [-0.39, 0.29) is 16.8 Å². The topological polar surface area (TPSA) is 66.8 Å². The minimum Gasteiger partial charge on any atom is -0.507 e. The summed E-state index contributed by atoms with van der Waals surface area (Å²) in [6.07, 6.45) is 0. The first-order valence-corrected chi connectivity index (χ1v) is 9.38. The van der Waals surface area contributed by atoms with Gasteiger partial charge in [-0.15, -0.1) is 0 Å². The van der Waals surface area contributed by atoms with E-state index < -0.39 is 35.1 Å². The van der Waals surface area contributed by atoms with Gasteiger partial charge in [-0.1, -0.05) is 42.5 Å². The number of hydrogen-bond acceptors (Lipinski definition) is 4. The number of hydrogen-bond donors (Lipinski definition) is 1. The molecule has 0 aromatic heterocycles. The highest BCUT2D eigenvalue weighted by molar-refractivity contribution is 6.51. The summed E-state index contributed by atoms with van der Waals surface area (Å²) in [5.41, 5.74) is 0.566. The Morgan fingerprint density at radius 1 is 0.935 bits per heavy atom. The van der Waals surface area contributed by atoms with Crippen LogP contribution in [0.1, 0.15) is 17.2 Å². The fourth-order valence-corrected chi connectivity index (χ4v) is 3.67. The second-order valence-corrected chi connectivity index (χ2v) is 6.88. The number of nitrogens with zero attached hydrogens (tertiary/aromatic N) is 1. The van der Waals surface area contributed by atoms with Crippen molar-refractivity contribution in [3.05, 3.63) is 101 Å². The SMILES string of the molecule is COc1ccccc1/C(O)=C1\C(=O)C(=O)N(c2ccc(F)c(F)c2)C1c1ccccc1. The van der Waals surface area contributed by atoms with Gasteiger partial charge in [0, 0.05) is 11.8 Å². The second-order valence-electron chi connectivity index (χ2n) is 6.88. The highest BCUT2D eigenvalue weighted by atomic mass is 19.2. The molecule has 1 unspecified atom stereocenters. The number of anilines is 1. The van der Waals surface area contributed by atoms with Crippen LogP contribution in [0, 0.1) is 11.6 Å². The molecule has 156 valence electrons. The Morgan fingerprint density at radius 3 is 2.29 bits per heavy atom. The molecule has 7 heteroatoms. The number of methoxy groups -OCH3 is 1. The van der Waals surface area contributed by atoms with Crippen molar-refractivity contribution in [3.63, 3.8) is 0 Å². The highest BCUT2D eigenvalue weighted by Gasteiger charge is 2.47. The fourth-order valence-electron chi connectivity index (χ4n) is 3.67. The smallest absolute Gasteiger partial charge is 0.300 e. The maximum Gasteiger partial charge on any atom is 0.300 e. The molecule has 1 N–H and O–H groups in total. The first kappa shape index (κ1) is 20.3. The summed E-state index contributed by atoms with van der Waals surface area (Å²) < 4.78 is 32.7. The quantitative estimate of drug-likeness (QED) is 0.380. The Bertz CT molecular complexity index is 1210. The Morgan fingerprint density at radius 2 is 1.61 bits per heavy atom. The zero-order valence-corrected chi connectivity index (χ0v) is 16.4. The molecule has 0 bridgehead atoms. The molecule has 3 aromatic carbocycles. The number of aliphatic hydroxyl groups is 1. The molecule has 3 aromatic rings. The van der Waals surface area contributed by atoms with Gasteiger partial charge in [-0.05, 0) is 29.8 Å². The molecule has 1 saturated heterocycles. The maximum atomic E-state index is 13.9. The molecule has 0 radical (unpaired) electrons. The van der Waals surface area contributed by atoms with Crippen molar-refractivity contribution in [2.75, 3.05) is 12.0 Å².